The molecule has 24 heavy (non-hydrogen) atoms. The molecule has 2 atom stereocenters. The molecule has 1 heterocycles. The topological polar surface area (TPSA) is 56.7 Å². The zero-order valence-corrected chi connectivity index (χ0v) is 15.4. The molecule has 0 aliphatic carbocycles. The number of rotatable bonds is 4. The second-order valence-electron chi connectivity index (χ2n) is 6.56. The van der Waals surface area contributed by atoms with E-state index in [4.69, 9.17) is 11.6 Å². The Balaban J connectivity index is 1.78. The number of benzene rings is 1. The number of carbonyl (C=O) groups excluding carboxylic acids is 1. The number of nitrogens with one attached hydrogen (secondary N) is 2. The van der Waals surface area contributed by atoms with Gasteiger partial charge < -0.3 is 15.5 Å². The van der Waals surface area contributed by atoms with E-state index >= 15 is 0 Å². The first kappa shape index (κ1) is 18.6. The molecule has 1 saturated heterocycles. The molecule has 0 aromatic heterocycles. The molecule has 2 unspecified atom stereocenters. The summed E-state index contributed by atoms with van der Waals surface area (Å²) >= 11 is 6.03. The third-order valence-electron chi connectivity index (χ3n) is 4.19. The number of amides is 1. The number of guanidine groups is 1. The Morgan fingerprint density at radius 2 is 1.83 bits per heavy atom. The standard InChI is InChI=1S/C18H27ClN4O/c1-13-10-14(2)12-23(11-13)18(20-3)22-9-8-21-17(24)15-6-4-5-7-16(15)19/h4-7,13-14H,8-12H2,1-3H3,(H,20,22)(H,21,24). The Bertz CT molecular complexity index is 580. The summed E-state index contributed by atoms with van der Waals surface area (Å²) in [5, 5.41) is 6.68. The lowest BCUT2D eigenvalue weighted by Gasteiger charge is -2.37. The molecule has 0 spiro atoms. The van der Waals surface area contributed by atoms with Crippen LogP contribution in [0.3, 0.4) is 0 Å². The van der Waals surface area contributed by atoms with Crippen LogP contribution in [0.15, 0.2) is 29.3 Å². The zero-order valence-electron chi connectivity index (χ0n) is 14.7. The van der Waals surface area contributed by atoms with Gasteiger partial charge in [-0.25, -0.2) is 0 Å². The summed E-state index contributed by atoms with van der Waals surface area (Å²) in [4.78, 5) is 18.8. The first-order chi connectivity index (χ1) is 11.5. The van der Waals surface area contributed by atoms with Crippen LogP contribution in [-0.4, -0.2) is 50.0 Å². The summed E-state index contributed by atoms with van der Waals surface area (Å²) < 4.78 is 0. The summed E-state index contributed by atoms with van der Waals surface area (Å²) in [7, 11) is 1.80. The third kappa shape index (κ3) is 5.13. The van der Waals surface area contributed by atoms with Crippen molar-refractivity contribution in [3.8, 4) is 0 Å². The minimum Gasteiger partial charge on any atom is -0.354 e. The Morgan fingerprint density at radius 3 is 2.46 bits per heavy atom. The summed E-state index contributed by atoms with van der Waals surface area (Å²) in [5.41, 5.74) is 0.502. The highest BCUT2D eigenvalue weighted by Crippen LogP contribution is 2.20. The SMILES string of the molecule is CN=C(NCCNC(=O)c1ccccc1Cl)N1CC(C)CC(C)C1. The normalized spacial score (nSPS) is 21.5. The fraction of sp³-hybridized carbons (Fsp3) is 0.556. The van der Waals surface area contributed by atoms with Crippen molar-refractivity contribution in [1.29, 1.82) is 0 Å². The largest absolute Gasteiger partial charge is 0.354 e. The van der Waals surface area contributed by atoms with Gasteiger partial charge in [0.05, 0.1) is 10.6 Å². The van der Waals surface area contributed by atoms with Gasteiger partial charge >= 0.3 is 0 Å². The van der Waals surface area contributed by atoms with Gasteiger partial charge in [-0.05, 0) is 30.4 Å². The monoisotopic (exact) mass is 350 g/mol. The lowest BCUT2D eigenvalue weighted by atomic mass is 9.92. The minimum atomic E-state index is -0.155. The van der Waals surface area contributed by atoms with Gasteiger partial charge in [0.15, 0.2) is 5.96 Å². The van der Waals surface area contributed by atoms with E-state index in [0.29, 0.717) is 35.5 Å². The van der Waals surface area contributed by atoms with E-state index in [0.717, 1.165) is 19.0 Å². The average molecular weight is 351 g/mol. The van der Waals surface area contributed by atoms with Crippen molar-refractivity contribution in [3.63, 3.8) is 0 Å². The van der Waals surface area contributed by atoms with Gasteiger partial charge in [-0.2, -0.15) is 0 Å². The molecule has 1 aromatic carbocycles. The number of likely N-dealkylation sites (tertiary alicyclic amines) is 1. The second-order valence-corrected chi connectivity index (χ2v) is 6.97. The van der Waals surface area contributed by atoms with Gasteiger partial charge in [-0.15, -0.1) is 0 Å². The van der Waals surface area contributed by atoms with Crippen molar-refractivity contribution in [2.45, 2.75) is 20.3 Å². The Kier molecular flexibility index (Phi) is 6.91. The highest BCUT2D eigenvalue weighted by atomic mass is 35.5. The average Bonchev–Trinajstić information content (AvgIpc) is 2.54. The van der Waals surface area contributed by atoms with Crippen LogP contribution in [0.1, 0.15) is 30.6 Å². The van der Waals surface area contributed by atoms with Gasteiger partial charge in [-0.3, -0.25) is 9.79 Å². The van der Waals surface area contributed by atoms with E-state index in [2.05, 4.69) is 34.4 Å². The number of aliphatic imine (C=N–C) groups is 1. The maximum atomic E-state index is 12.1. The van der Waals surface area contributed by atoms with Gasteiger partial charge in [0.25, 0.3) is 5.91 Å². The van der Waals surface area contributed by atoms with Crippen LogP contribution < -0.4 is 10.6 Å². The van der Waals surface area contributed by atoms with Crippen molar-refractivity contribution in [2.24, 2.45) is 16.8 Å². The molecule has 1 fully saturated rings. The summed E-state index contributed by atoms with van der Waals surface area (Å²) in [6, 6.07) is 7.06. The molecular formula is C18H27ClN4O. The fourth-order valence-electron chi connectivity index (χ4n) is 3.26. The van der Waals surface area contributed by atoms with E-state index in [-0.39, 0.29) is 5.91 Å². The van der Waals surface area contributed by atoms with Gasteiger partial charge in [0, 0.05) is 33.2 Å². The van der Waals surface area contributed by atoms with Crippen molar-refractivity contribution in [1.82, 2.24) is 15.5 Å². The summed E-state index contributed by atoms with van der Waals surface area (Å²) in [6.45, 7) is 7.75. The lowest BCUT2D eigenvalue weighted by Crippen LogP contribution is -2.49. The number of halogens is 1. The van der Waals surface area contributed by atoms with Crippen molar-refractivity contribution in [3.05, 3.63) is 34.9 Å². The molecule has 1 aliphatic rings. The maximum absolute atomic E-state index is 12.1. The molecular weight excluding hydrogens is 324 g/mol. The van der Waals surface area contributed by atoms with E-state index in [1.807, 2.05) is 6.07 Å². The predicted molar refractivity (Wildman–Crippen MR) is 99.7 cm³/mol. The van der Waals surface area contributed by atoms with Crippen molar-refractivity contribution in [2.75, 3.05) is 33.2 Å². The smallest absolute Gasteiger partial charge is 0.252 e. The third-order valence-corrected chi connectivity index (χ3v) is 4.52. The zero-order chi connectivity index (χ0) is 17.5. The lowest BCUT2D eigenvalue weighted by molar-refractivity contribution is 0.0954. The van der Waals surface area contributed by atoms with Gasteiger partial charge in [0.1, 0.15) is 0 Å². The Morgan fingerprint density at radius 1 is 1.21 bits per heavy atom. The number of hydrogen-bond donors (Lipinski definition) is 2. The number of hydrogen-bond acceptors (Lipinski definition) is 2. The summed E-state index contributed by atoms with van der Waals surface area (Å²) in [6.07, 6.45) is 1.27. The molecule has 2 rings (SSSR count). The predicted octanol–water partition coefficient (Wildman–Crippen LogP) is 2.62. The van der Waals surface area contributed by atoms with E-state index in [1.54, 1.807) is 25.2 Å². The van der Waals surface area contributed by atoms with Crippen LogP contribution in [0.4, 0.5) is 0 Å². The second kappa shape index (κ2) is 8.92. The minimum absolute atomic E-state index is 0.155. The van der Waals surface area contributed by atoms with E-state index in [9.17, 15) is 4.79 Å². The molecule has 0 saturated carbocycles. The van der Waals surface area contributed by atoms with E-state index in [1.165, 1.54) is 6.42 Å². The van der Waals surface area contributed by atoms with Crippen LogP contribution in [-0.2, 0) is 0 Å². The first-order valence-corrected chi connectivity index (χ1v) is 8.87. The Hall–Kier alpha value is -1.75. The molecule has 1 aliphatic heterocycles. The molecule has 132 valence electrons. The molecule has 1 aromatic rings. The van der Waals surface area contributed by atoms with E-state index < -0.39 is 0 Å². The molecule has 0 radical (unpaired) electrons. The van der Waals surface area contributed by atoms with Crippen LogP contribution in [0.2, 0.25) is 5.02 Å². The number of carbonyl (C=O) groups is 1. The first-order valence-electron chi connectivity index (χ1n) is 8.49. The number of nitrogens with zero attached hydrogens (tertiary/aromatic N) is 2. The van der Waals surface area contributed by atoms with Crippen LogP contribution in [0.5, 0.6) is 0 Å². The highest BCUT2D eigenvalue weighted by molar-refractivity contribution is 6.33. The van der Waals surface area contributed by atoms with Crippen LogP contribution in [0.25, 0.3) is 0 Å². The van der Waals surface area contributed by atoms with Crippen molar-refractivity contribution < 1.29 is 4.79 Å². The molecule has 6 heteroatoms. The van der Waals surface area contributed by atoms with Crippen LogP contribution in [0, 0.1) is 11.8 Å². The molecule has 0 bridgehead atoms. The van der Waals surface area contributed by atoms with Crippen LogP contribution >= 0.6 is 11.6 Å². The van der Waals surface area contributed by atoms with Gasteiger partial charge in [-0.1, -0.05) is 37.6 Å². The number of piperidine rings is 1. The summed E-state index contributed by atoms with van der Waals surface area (Å²) in [5.74, 6) is 2.09. The van der Waals surface area contributed by atoms with Crippen molar-refractivity contribution >= 4 is 23.5 Å². The molecule has 2 N–H and O–H groups in total. The molecule has 5 nitrogen and oxygen atoms in total. The fourth-order valence-corrected chi connectivity index (χ4v) is 3.48. The van der Waals surface area contributed by atoms with Gasteiger partial charge in [0.2, 0.25) is 0 Å². The highest BCUT2D eigenvalue weighted by Gasteiger charge is 2.23. The quantitative estimate of drug-likeness (QED) is 0.498. The Labute approximate surface area is 149 Å². The maximum Gasteiger partial charge on any atom is 0.252 e. The molecule has 1 amide bonds.